The summed E-state index contributed by atoms with van der Waals surface area (Å²) in [7, 11) is 0. The number of fused-ring (bicyclic) bond motifs is 2. The van der Waals surface area contributed by atoms with E-state index in [9.17, 15) is 9.90 Å². The van der Waals surface area contributed by atoms with Gasteiger partial charge in [-0.15, -0.1) is 22.7 Å². The van der Waals surface area contributed by atoms with Crippen LogP contribution in [0.4, 0.5) is 5.69 Å². The van der Waals surface area contributed by atoms with Gasteiger partial charge in [0, 0.05) is 31.7 Å². The van der Waals surface area contributed by atoms with E-state index in [1.807, 2.05) is 72.2 Å². The molecule has 6 rings (SSSR count). The molecule has 36 heavy (non-hydrogen) atoms. The molecule has 1 aliphatic rings. The van der Waals surface area contributed by atoms with Crippen LogP contribution in [0.1, 0.15) is 26.9 Å². The summed E-state index contributed by atoms with van der Waals surface area (Å²) in [5, 5.41) is 17.3. The van der Waals surface area contributed by atoms with E-state index in [2.05, 4.69) is 22.3 Å². The number of carbonyl (C=O) groups excluding carboxylic acids is 1. The molecule has 0 bridgehead atoms. The van der Waals surface area contributed by atoms with Crippen molar-refractivity contribution < 1.29 is 9.90 Å². The lowest BCUT2D eigenvalue weighted by molar-refractivity contribution is -0.111. The van der Waals surface area contributed by atoms with Crippen LogP contribution >= 0.6 is 34.3 Å². The van der Waals surface area contributed by atoms with Crippen LogP contribution in [0, 0.1) is 0 Å². The van der Waals surface area contributed by atoms with Crippen LogP contribution in [0.15, 0.2) is 96.5 Å². The maximum absolute atomic E-state index is 13.5. The number of aromatic hydroxyl groups is 1. The fraction of sp³-hybridized carbons (Fsp3) is 0.0690. The topological polar surface area (TPSA) is 52.6 Å². The van der Waals surface area contributed by atoms with Crippen LogP contribution in [0.2, 0.25) is 5.02 Å². The van der Waals surface area contributed by atoms with Gasteiger partial charge in [-0.2, -0.15) is 0 Å². The van der Waals surface area contributed by atoms with E-state index in [0.29, 0.717) is 12.1 Å². The zero-order valence-corrected chi connectivity index (χ0v) is 21.4. The second-order valence-corrected chi connectivity index (χ2v) is 11.1. The lowest BCUT2D eigenvalue weighted by atomic mass is 9.89. The van der Waals surface area contributed by atoms with E-state index in [0.717, 1.165) is 41.7 Å². The second kappa shape index (κ2) is 9.47. The maximum atomic E-state index is 13.5. The maximum Gasteiger partial charge on any atom is 0.257 e. The minimum Gasteiger partial charge on any atom is -0.508 e. The first-order chi connectivity index (χ1) is 17.6. The van der Waals surface area contributed by atoms with Gasteiger partial charge >= 0.3 is 0 Å². The molecule has 0 spiro atoms. The van der Waals surface area contributed by atoms with Crippen molar-refractivity contribution in [2.45, 2.75) is 12.6 Å². The van der Waals surface area contributed by atoms with E-state index in [4.69, 9.17) is 11.6 Å². The number of benzene rings is 3. The Hall–Kier alpha value is -3.58. The predicted molar refractivity (Wildman–Crippen MR) is 150 cm³/mol. The number of hydrogen-bond acceptors (Lipinski definition) is 5. The first-order valence-electron chi connectivity index (χ1n) is 11.4. The van der Waals surface area contributed by atoms with Crippen LogP contribution in [0.25, 0.3) is 15.7 Å². The average Bonchev–Trinajstić information content (AvgIpc) is 3.52. The molecule has 0 saturated heterocycles. The Bertz CT molecular complexity index is 1590. The summed E-state index contributed by atoms with van der Waals surface area (Å²) in [6.07, 6.45) is 1.93. The van der Waals surface area contributed by atoms with E-state index in [1.165, 1.54) is 0 Å². The lowest BCUT2D eigenvalue weighted by Crippen LogP contribution is -2.30. The Morgan fingerprint density at radius 2 is 1.81 bits per heavy atom. The van der Waals surface area contributed by atoms with Crippen LogP contribution in [0.5, 0.6) is 5.75 Å². The standard InChI is InChI=1S/C29H21ClN2O2S2/c30-27-21-9-4-5-10-24(21)36-26(27)17-32-16-23(29(34)31-18-7-2-1-3-8-18)20-13-12-19(33)15-22(20)28(32)25-11-6-14-35-25/h1-16,28,33H,17H2,(H,31,34). The third-order valence-electron chi connectivity index (χ3n) is 6.26. The van der Waals surface area contributed by atoms with Crippen molar-refractivity contribution in [3.8, 4) is 5.75 Å². The van der Waals surface area contributed by atoms with E-state index in [-0.39, 0.29) is 17.7 Å². The number of halogens is 1. The fourth-order valence-electron chi connectivity index (χ4n) is 4.64. The minimum atomic E-state index is -0.204. The molecule has 0 saturated carbocycles. The van der Waals surface area contributed by atoms with Gasteiger partial charge in [-0.1, -0.05) is 60.1 Å². The molecule has 0 aliphatic carbocycles. The highest BCUT2D eigenvalue weighted by molar-refractivity contribution is 7.19. The molecule has 5 aromatic rings. The van der Waals surface area contributed by atoms with Crippen molar-refractivity contribution in [2.24, 2.45) is 0 Å². The number of phenolic OH excluding ortho intramolecular Hbond substituents is 1. The lowest BCUT2D eigenvalue weighted by Gasteiger charge is -2.36. The van der Waals surface area contributed by atoms with Gasteiger partial charge in [0.25, 0.3) is 5.91 Å². The molecule has 1 aliphatic heterocycles. The third-order valence-corrected chi connectivity index (χ3v) is 8.89. The number of nitrogens with zero attached hydrogens (tertiary/aromatic N) is 1. The zero-order valence-electron chi connectivity index (χ0n) is 19.0. The molecule has 1 unspecified atom stereocenters. The number of thiophene rings is 2. The highest BCUT2D eigenvalue weighted by Gasteiger charge is 2.33. The Morgan fingerprint density at radius 1 is 1.00 bits per heavy atom. The summed E-state index contributed by atoms with van der Waals surface area (Å²) in [6.45, 7) is 0.526. The Balaban J connectivity index is 1.47. The van der Waals surface area contributed by atoms with Crippen molar-refractivity contribution in [2.75, 3.05) is 5.32 Å². The Kier molecular flexibility index (Phi) is 6.01. The molecular weight excluding hydrogens is 508 g/mol. The highest BCUT2D eigenvalue weighted by Crippen LogP contribution is 2.45. The van der Waals surface area contributed by atoms with Gasteiger partial charge in [0.15, 0.2) is 0 Å². The second-order valence-electron chi connectivity index (χ2n) is 8.56. The van der Waals surface area contributed by atoms with Gasteiger partial charge in [-0.25, -0.2) is 0 Å². The summed E-state index contributed by atoms with van der Waals surface area (Å²) < 4.78 is 1.13. The monoisotopic (exact) mass is 528 g/mol. The SMILES string of the molecule is O=C(Nc1ccccc1)C1=CN(Cc2sc3ccccc3c2Cl)C(c2cccs2)c2cc(O)ccc21. The molecule has 2 aromatic heterocycles. The molecule has 1 atom stereocenters. The molecule has 0 fully saturated rings. The summed E-state index contributed by atoms with van der Waals surface area (Å²) in [5.41, 5.74) is 2.95. The van der Waals surface area contributed by atoms with E-state index >= 15 is 0 Å². The number of hydrogen-bond donors (Lipinski definition) is 2. The minimum absolute atomic E-state index is 0.165. The smallest absolute Gasteiger partial charge is 0.257 e. The summed E-state index contributed by atoms with van der Waals surface area (Å²) >= 11 is 10.1. The van der Waals surface area contributed by atoms with Gasteiger partial charge in [-0.05, 0) is 52.9 Å². The number of nitrogens with one attached hydrogen (secondary N) is 1. The number of anilines is 1. The van der Waals surface area contributed by atoms with Crippen molar-refractivity contribution in [3.63, 3.8) is 0 Å². The molecule has 3 heterocycles. The van der Waals surface area contributed by atoms with Crippen molar-refractivity contribution in [3.05, 3.63) is 122 Å². The number of amides is 1. The molecule has 1 amide bonds. The van der Waals surface area contributed by atoms with Crippen molar-refractivity contribution in [1.29, 1.82) is 0 Å². The zero-order chi connectivity index (χ0) is 24.6. The molecule has 0 radical (unpaired) electrons. The largest absolute Gasteiger partial charge is 0.508 e. The number of rotatable bonds is 5. The summed E-state index contributed by atoms with van der Waals surface area (Å²) in [4.78, 5) is 17.8. The van der Waals surface area contributed by atoms with Gasteiger partial charge in [0.2, 0.25) is 0 Å². The first kappa shape index (κ1) is 22.9. The van der Waals surface area contributed by atoms with Crippen LogP contribution < -0.4 is 5.32 Å². The number of phenols is 1. The third kappa shape index (κ3) is 4.17. The Morgan fingerprint density at radius 3 is 2.58 bits per heavy atom. The average molecular weight is 529 g/mol. The van der Waals surface area contributed by atoms with Crippen LogP contribution in [-0.4, -0.2) is 15.9 Å². The Labute approximate surface area is 221 Å². The van der Waals surface area contributed by atoms with Crippen LogP contribution in [-0.2, 0) is 11.3 Å². The summed E-state index contributed by atoms with van der Waals surface area (Å²) in [6, 6.07) is 26.7. The molecule has 2 N–H and O–H groups in total. The predicted octanol–water partition coefficient (Wildman–Crippen LogP) is 7.91. The number of para-hydroxylation sites is 1. The molecule has 7 heteroatoms. The van der Waals surface area contributed by atoms with Gasteiger partial charge in [-0.3, -0.25) is 4.79 Å². The fourth-order valence-corrected chi connectivity index (χ4v) is 7.01. The van der Waals surface area contributed by atoms with Crippen LogP contribution in [0.3, 0.4) is 0 Å². The molecule has 3 aromatic carbocycles. The highest BCUT2D eigenvalue weighted by atomic mass is 35.5. The van der Waals surface area contributed by atoms with Gasteiger partial charge in [0.1, 0.15) is 5.75 Å². The molecular formula is C29H21ClN2O2S2. The van der Waals surface area contributed by atoms with Crippen molar-refractivity contribution in [1.82, 2.24) is 4.90 Å². The first-order valence-corrected chi connectivity index (χ1v) is 13.5. The quantitative estimate of drug-likeness (QED) is 0.244. The van der Waals surface area contributed by atoms with Gasteiger partial charge < -0.3 is 15.3 Å². The van der Waals surface area contributed by atoms with E-state index in [1.54, 1.807) is 34.8 Å². The summed E-state index contributed by atoms with van der Waals surface area (Å²) in [5.74, 6) is -0.0370. The van der Waals surface area contributed by atoms with Crippen molar-refractivity contribution >= 4 is 61.5 Å². The van der Waals surface area contributed by atoms with Gasteiger partial charge in [0.05, 0.1) is 23.2 Å². The van der Waals surface area contributed by atoms with E-state index < -0.39 is 0 Å². The number of carbonyl (C=O) groups is 1. The molecule has 4 nitrogen and oxygen atoms in total. The molecule has 178 valence electrons. The normalized spacial score (nSPS) is 15.0.